The summed E-state index contributed by atoms with van der Waals surface area (Å²) in [7, 11) is 0. The molecule has 0 bridgehead atoms. The third kappa shape index (κ3) is 4.73. The zero-order valence-electron chi connectivity index (χ0n) is 10.2. The van der Waals surface area contributed by atoms with Gasteiger partial charge in [-0.15, -0.1) is 0 Å². The Kier molecular flexibility index (Phi) is 4.98. The summed E-state index contributed by atoms with van der Waals surface area (Å²) in [4.78, 5) is 37.0. The van der Waals surface area contributed by atoms with Gasteiger partial charge in [0.2, 0.25) is 11.7 Å². The number of hydrogen-bond donors (Lipinski definition) is 1. The van der Waals surface area contributed by atoms with E-state index in [0.29, 0.717) is 5.69 Å². The number of hydrogen-bond acceptors (Lipinski definition) is 5. The number of amides is 1. The monoisotopic (exact) mass is 250 g/mol. The fourth-order valence-corrected chi connectivity index (χ4v) is 1.19. The first-order valence-electron chi connectivity index (χ1n) is 5.36. The van der Waals surface area contributed by atoms with Crippen molar-refractivity contribution in [2.75, 3.05) is 6.61 Å². The van der Waals surface area contributed by atoms with Crippen LogP contribution < -0.4 is 5.32 Å². The molecule has 0 saturated heterocycles. The van der Waals surface area contributed by atoms with E-state index in [0.717, 1.165) is 0 Å². The number of nitrogens with one attached hydrogen (secondary N) is 1. The van der Waals surface area contributed by atoms with E-state index in [2.05, 4.69) is 15.0 Å². The summed E-state index contributed by atoms with van der Waals surface area (Å²) in [6, 6.07) is 4.88. The summed E-state index contributed by atoms with van der Waals surface area (Å²) in [5.74, 6) is -1.07. The van der Waals surface area contributed by atoms with Crippen molar-refractivity contribution in [1.82, 2.24) is 10.3 Å². The Balaban J connectivity index is 2.66. The Hall–Kier alpha value is -2.24. The quantitative estimate of drug-likeness (QED) is 0.606. The molecule has 0 spiro atoms. The molecule has 1 aromatic rings. The molecule has 0 saturated carbocycles. The number of ether oxygens (including phenoxy) is 1. The first kappa shape index (κ1) is 13.8. The highest BCUT2D eigenvalue weighted by molar-refractivity contribution is 5.96. The Morgan fingerprint density at radius 3 is 2.61 bits per heavy atom. The molecule has 1 N–H and O–H groups in total. The van der Waals surface area contributed by atoms with Gasteiger partial charge in [-0.2, -0.15) is 0 Å². The van der Waals surface area contributed by atoms with Crippen molar-refractivity contribution in [2.24, 2.45) is 0 Å². The van der Waals surface area contributed by atoms with Crippen molar-refractivity contribution in [3.8, 4) is 0 Å². The van der Waals surface area contributed by atoms with E-state index in [4.69, 9.17) is 0 Å². The molecule has 6 nitrogen and oxygen atoms in total. The smallest absolute Gasteiger partial charge is 0.303 e. The number of Topliss-reactive ketones (excluding diaryl/α,β-unsaturated/α-hetero) is 1. The van der Waals surface area contributed by atoms with E-state index in [-0.39, 0.29) is 30.5 Å². The van der Waals surface area contributed by atoms with Crippen LogP contribution in [-0.2, 0) is 20.9 Å². The first-order valence-corrected chi connectivity index (χ1v) is 5.36. The summed E-state index contributed by atoms with van der Waals surface area (Å²) in [6.45, 7) is 2.56. The lowest BCUT2D eigenvalue weighted by atomic mass is 10.2. The molecule has 0 aliphatic heterocycles. The highest BCUT2D eigenvalue weighted by atomic mass is 16.5. The van der Waals surface area contributed by atoms with Gasteiger partial charge < -0.3 is 10.1 Å². The minimum Gasteiger partial charge on any atom is -0.457 e. The van der Waals surface area contributed by atoms with Crippen LogP contribution in [-0.4, -0.2) is 29.3 Å². The second-order valence-corrected chi connectivity index (χ2v) is 3.63. The highest BCUT2D eigenvalue weighted by Gasteiger charge is 2.10. The van der Waals surface area contributed by atoms with E-state index in [1.54, 1.807) is 12.1 Å². The van der Waals surface area contributed by atoms with Crippen molar-refractivity contribution >= 4 is 17.7 Å². The summed E-state index contributed by atoms with van der Waals surface area (Å²) in [5.41, 5.74) is 0.776. The fourth-order valence-electron chi connectivity index (χ4n) is 1.19. The van der Waals surface area contributed by atoms with E-state index in [9.17, 15) is 14.4 Å². The number of aromatic nitrogens is 1. The molecule has 0 atom stereocenters. The molecule has 1 amide bonds. The average molecular weight is 250 g/mol. The summed E-state index contributed by atoms with van der Waals surface area (Å²) >= 11 is 0. The molecule has 96 valence electrons. The van der Waals surface area contributed by atoms with Gasteiger partial charge in [0.15, 0.2) is 6.61 Å². The standard InChI is InChI=1S/C12H14N2O4/c1-8(15)13-6-10-4-3-5-11(14-10)12(17)7-18-9(2)16/h3-5H,6-7H2,1-2H3,(H,13,15). The molecule has 18 heavy (non-hydrogen) atoms. The first-order chi connectivity index (χ1) is 8.49. The van der Waals surface area contributed by atoms with E-state index >= 15 is 0 Å². The Morgan fingerprint density at radius 1 is 1.28 bits per heavy atom. The van der Waals surface area contributed by atoms with Gasteiger partial charge in [-0.25, -0.2) is 4.98 Å². The molecule has 0 aromatic carbocycles. The van der Waals surface area contributed by atoms with E-state index in [1.165, 1.54) is 19.9 Å². The molecule has 1 heterocycles. The number of esters is 1. The molecule has 0 aliphatic carbocycles. The van der Waals surface area contributed by atoms with Crippen LogP contribution >= 0.6 is 0 Å². The number of nitrogens with zero attached hydrogens (tertiary/aromatic N) is 1. The Labute approximate surface area is 104 Å². The van der Waals surface area contributed by atoms with Gasteiger partial charge in [0.25, 0.3) is 0 Å². The van der Waals surface area contributed by atoms with Crippen molar-refractivity contribution < 1.29 is 19.1 Å². The number of pyridine rings is 1. The average Bonchev–Trinajstić information content (AvgIpc) is 2.33. The van der Waals surface area contributed by atoms with E-state index in [1.807, 2.05) is 0 Å². The van der Waals surface area contributed by atoms with Crippen LogP contribution in [0.4, 0.5) is 0 Å². The Morgan fingerprint density at radius 2 is 2.00 bits per heavy atom. The lowest BCUT2D eigenvalue weighted by Gasteiger charge is -2.04. The third-order valence-electron chi connectivity index (χ3n) is 2.02. The fraction of sp³-hybridized carbons (Fsp3) is 0.333. The molecule has 0 fully saturated rings. The van der Waals surface area contributed by atoms with Gasteiger partial charge in [0, 0.05) is 13.8 Å². The van der Waals surface area contributed by atoms with Crippen molar-refractivity contribution in [3.63, 3.8) is 0 Å². The van der Waals surface area contributed by atoms with Gasteiger partial charge in [0.05, 0.1) is 12.2 Å². The number of ketones is 1. The molecule has 1 rings (SSSR count). The van der Waals surface area contributed by atoms with Crippen LogP contribution in [0.15, 0.2) is 18.2 Å². The SMILES string of the molecule is CC(=O)NCc1cccc(C(=O)COC(C)=O)n1. The predicted octanol–water partition coefficient (Wildman–Crippen LogP) is 0.463. The maximum absolute atomic E-state index is 11.6. The van der Waals surface area contributed by atoms with E-state index < -0.39 is 5.97 Å². The normalized spacial score (nSPS) is 9.67. The summed E-state index contributed by atoms with van der Waals surface area (Å²) in [5, 5.41) is 2.58. The van der Waals surface area contributed by atoms with Crippen LogP contribution in [0.1, 0.15) is 30.0 Å². The lowest BCUT2D eigenvalue weighted by Crippen LogP contribution is -2.20. The second kappa shape index (κ2) is 6.48. The summed E-state index contributed by atoms with van der Waals surface area (Å²) in [6.07, 6.45) is 0. The van der Waals surface area contributed by atoms with Crippen LogP contribution in [0.2, 0.25) is 0 Å². The zero-order valence-corrected chi connectivity index (χ0v) is 10.2. The van der Waals surface area contributed by atoms with Gasteiger partial charge >= 0.3 is 5.97 Å². The third-order valence-corrected chi connectivity index (χ3v) is 2.02. The van der Waals surface area contributed by atoms with Gasteiger partial charge in [-0.3, -0.25) is 14.4 Å². The molecule has 0 radical (unpaired) electrons. The molecule has 0 aliphatic rings. The number of carbonyl (C=O) groups is 3. The molecule has 0 unspecified atom stereocenters. The number of rotatable bonds is 5. The van der Waals surface area contributed by atoms with Crippen LogP contribution in [0.3, 0.4) is 0 Å². The van der Waals surface area contributed by atoms with Crippen LogP contribution in [0.5, 0.6) is 0 Å². The lowest BCUT2D eigenvalue weighted by molar-refractivity contribution is -0.139. The second-order valence-electron chi connectivity index (χ2n) is 3.63. The van der Waals surface area contributed by atoms with Crippen LogP contribution in [0.25, 0.3) is 0 Å². The maximum atomic E-state index is 11.6. The number of carbonyl (C=O) groups excluding carboxylic acids is 3. The van der Waals surface area contributed by atoms with Gasteiger partial charge in [0.1, 0.15) is 5.69 Å². The minimum absolute atomic E-state index is 0.173. The van der Waals surface area contributed by atoms with Crippen molar-refractivity contribution in [2.45, 2.75) is 20.4 Å². The summed E-state index contributed by atoms with van der Waals surface area (Å²) < 4.78 is 4.60. The van der Waals surface area contributed by atoms with Crippen molar-refractivity contribution in [1.29, 1.82) is 0 Å². The Bertz CT molecular complexity index is 471. The van der Waals surface area contributed by atoms with Crippen molar-refractivity contribution in [3.05, 3.63) is 29.6 Å². The minimum atomic E-state index is -0.516. The molecule has 1 aromatic heterocycles. The zero-order chi connectivity index (χ0) is 13.5. The van der Waals surface area contributed by atoms with Crippen LogP contribution in [0, 0.1) is 0 Å². The topological polar surface area (TPSA) is 85.4 Å². The molecule has 6 heteroatoms. The molecular formula is C12H14N2O4. The maximum Gasteiger partial charge on any atom is 0.303 e. The van der Waals surface area contributed by atoms with Gasteiger partial charge in [-0.05, 0) is 12.1 Å². The highest BCUT2D eigenvalue weighted by Crippen LogP contribution is 2.01. The van der Waals surface area contributed by atoms with Gasteiger partial charge in [-0.1, -0.05) is 6.07 Å². The predicted molar refractivity (Wildman–Crippen MR) is 62.7 cm³/mol. The largest absolute Gasteiger partial charge is 0.457 e. The molecular weight excluding hydrogens is 236 g/mol.